The van der Waals surface area contributed by atoms with E-state index in [2.05, 4.69) is 4.98 Å². The Balaban J connectivity index is 1.73. The highest BCUT2D eigenvalue weighted by Gasteiger charge is 2.35. The third-order valence-electron chi connectivity index (χ3n) is 6.17. The molecule has 1 aliphatic heterocycles. The molecule has 8 heteroatoms. The summed E-state index contributed by atoms with van der Waals surface area (Å²) < 4.78 is 10.8. The highest BCUT2D eigenvalue weighted by atomic mass is 16.5. The smallest absolute Gasteiger partial charge is 0.326 e. The van der Waals surface area contributed by atoms with Crippen LogP contribution in [-0.4, -0.2) is 58.7 Å². The lowest BCUT2D eigenvalue weighted by atomic mass is 10.1. The molecular formula is C25H23N3O5. The maximum absolute atomic E-state index is 13.4. The van der Waals surface area contributed by atoms with E-state index in [9.17, 15) is 14.7 Å². The number of carboxylic acid groups (broad SMARTS) is 1. The van der Waals surface area contributed by atoms with Crippen LogP contribution in [-0.2, 0) is 4.79 Å². The van der Waals surface area contributed by atoms with Gasteiger partial charge in [0.25, 0.3) is 5.91 Å². The Morgan fingerprint density at radius 1 is 1.06 bits per heavy atom. The van der Waals surface area contributed by atoms with Crippen molar-refractivity contribution in [3.05, 3.63) is 54.2 Å². The molecule has 4 aromatic rings. The fourth-order valence-corrected chi connectivity index (χ4v) is 4.56. The molecule has 1 saturated heterocycles. The summed E-state index contributed by atoms with van der Waals surface area (Å²) in [4.78, 5) is 34.6. The molecule has 168 valence electrons. The number of hydrogen-bond donors (Lipinski definition) is 2. The summed E-state index contributed by atoms with van der Waals surface area (Å²) in [6.07, 6.45) is 1.10. The van der Waals surface area contributed by atoms with E-state index in [1.54, 1.807) is 26.4 Å². The first kappa shape index (κ1) is 20.8. The van der Waals surface area contributed by atoms with Crippen molar-refractivity contribution < 1.29 is 24.2 Å². The fraction of sp³-hybridized carbons (Fsp3) is 0.240. The van der Waals surface area contributed by atoms with Gasteiger partial charge in [0.2, 0.25) is 0 Å². The number of nitrogens with one attached hydrogen (secondary N) is 1. The van der Waals surface area contributed by atoms with Gasteiger partial charge in [0.15, 0.2) is 11.5 Å². The van der Waals surface area contributed by atoms with E-state index in [4.69, 9.17) is 14.5 Å². The van der Waals surface area contributed by atoms with Crippen LogP contribution >= 0.6 is 0 Å². The molecule has 0 radical (unpaired) electrons. The Kier molecular flexibility index (Phi) is 5.12. The number of aliphatic carboxylic acids is 1. The molecule has 0 bridgehead atoms. The van der Waals surface area contributed by atoms with Crippen LogP contribution in [0.2, 0.25) is 0 Å². The number of rotatable bonds is 5. The summed E-state index contributed by atoms with van der Waals surface area (Å²) in [5, 5.41) is 11.4. The summed E-state index contributed by atoms with van der Waals surface area (Å²) in [6, 6.07) is 14.2. The molecule has 2 aromatic heterocycles. The number of ether oxygens (including phenoxy) is 2. The predicted octanol–water partition coefficient (Wildman–Crippen LogP) is 4.09. The largest absolute Gasteiger partial charge is 0.493 e. The van der Waals surface area contributed by atoms with E-state index < -0.39 is 12.0 Å². The van der Waals surface area contributed by atoms with Crippen molar-refractivity contribution in [3.63, 3.8) is 0 Å². The third kappa shape index (κ3) is 3.44. The second-order valence-corrected chi connectivity index (χ2v) is 8.01. The van der Waals surface area contributed by atoms with Crippen LogP contribution in [0, 0.1) is 0 Å². The van der Waals surface area contributed by atoms with Gasteiger partial charge in [-0.15, -0.1) is 0 Å². The van der Waals surface area contributed by atoms with Crippen LogP contribution in [0.25, 0.3) is 33.1 Å². The van der Waals surface area contributed by atoms with E-state index in [1.165, 1.54) is 4.90 Å². The Morgan fingerprint density at radius 2 is 1.85 bits per heavy atom. The van der Waals surface area contributed by atoms with E-state index in [-0.39, 0.29) is 11.6 Å². The van der Waals surface area contributed by atoms with Gasteiger partial charge < -0.3 is 24.5 Å². The van der Waals surface area contributed by atoms with Crippen LogP contribution in [0.1, 0.15) is 23.3 Å². The number of carbonyl (C=O) groups excluding carboxylic acids is 1. The number of amides is 1. The van der Waals surface area contributed by atoms with E-state index >= 15 is 0 Å². The van der Waals surface area contributed by atoms with Gasteiger partial charge in [0.1, 0.15) is 11.7 Å². The Labute approximate surface area is 189 Å². The zero-order chi connectivity index (χ0) is 23.1. The minimum Gasteiger partial charge on any atom is -0.493 e. The Hall–Kier alpha value is -4.07. The average Bonchev–Trinajstić information content (AvgIpc) is 3.48. The van der Waals surface area contributed by atoms with Gasteiger partial charge in [-0.2, -0.15) is 0 Å². The highest BCUT2D eigenvalue weighted by molar-refractivity contribution is 6.13. The quantitative estimate of drug-likeness (QED) is 0.479. The Morgan fingerprint density at radius 3 is 2.61 bits per heavy atom. The fourth-order valence-electron chi connectivity index (χ4n) is 4.56. The molecule has 2 aromatic carbocycles. The number of fused-ring (bicyclic) bond motifs is 3. The summed E-state index contributed by atoms with van der Waals surface area (Å²) in [6.45, 7) is 0.398. The van der Waals surface area contributed by atoms with Gasteiger partial charge in [-0.25, -0.2) is 9.78 Å². The van der Waals surface area contributed by atoms with Crippen LogP contribution < -0.4 is 9.47 Å². The third-order valence-corrected chi connectivity index (χ3v) is 6.17. The van der Waals surface area contributed by atoms with E-state index in [0.29, 0.717) is 36.6 Å². The molecule has 0 saturated carbocycles. The van der Waals surface area contributed by atoms with Crippen molar-refractivity contribution >= 4 is 33.7 Å². The second-order valence-electron chi connectivity index (χ2n) is 8.01. The molecule has 1 fully saturated rings. The monoisotopic (exact) mass is 445 g/mol. The van der Waals surface area contributed by atoms with Crippen molar-refractivity contribution in [1.82, 2.24) is 14.9 Å². The number of likely N-dealkylation sites (tertiary alicyclic amines) is 1. The molecule has 2 N–H and O–H groups in total. The van der Waals surface area contributed by atoms with Gasteiger partial charge in [-0.05, 0) is 43.2 Å². The van der Waals surface area contributed by atoms with Gasteiger partial charge >= 0.3 is 5.97 Å². The number of H-pyrrole nitrogens is 1. The number of aromatic amines is 1. The van der Waals surface area contributed by atoms with Crippen LogP contribution in [0.4, 0.5) is 0 Å². The number of carbonyl (C=O) groups is 2. The molecular weight excluding hydrogens is 422 g/mol. The molecule has 1 unspecified atom stereocenters. The number of carboxylic acids is 1. The lowest BCUT2D eigenvalue weighted by Crippen LogP contribution is -2.40. The number of pyridine rings is 1. The first-order valence-corrected chi connectivity index (χ1v) is 10.7. The standard InChI is InChI=1S/C25H23N3O5/c1-32-20-10-9-14(12-21(20)33-2)22-23-16(15-6-3-4-7-17(15)26-23)13-18(27-22)24(29)28-11-5-8-19(28)25(30)31/h3-4,6-7,9-10,12-13,19,26H,5,8,11H2,1-2H3,(H,30,31). The maximum atomic E-state index is 13.4. The number of hydrogen-bond acceptors (Lipinski definition) is 5. The summed E-state index contributed by atoms with van der Waals surface area (Å²) in [5.74, 6) is -0.242. The average molecular weight is 445 g/mol. The van der Waals surface area contributed by atoms with Crippen molar-refractivity contribution in [2.45, 2.75) is 18.9 Å². The number of benzene rings is 2. The number of para-hydroxylation sites is 1. The lowest BCUT2D eigenvalue weighted by Gasteiger charge is -2.21. The Bertz CT molecular complexity index is 1390. The summed E-state index contributed by atoms with van der Waals surface area (Å²) in [7, 11) is 3.13. The molecule has 0 spiro atoms. The number of aromatic nitrogens is 2. The van der Waals surface area contributed by atoms with Crippen molar-refractivity contribution in [2.75, 3.05) is 20.8 Å². The first-order chi connectivity index (χ1) is 16.0. The van der Waals surface area contributed by atoms with Crippen LogP contribution in [0.5, 0.6) is 11.5 Å². The number of nitrogens with zero attached hydrogens (tertiary/aromatic N) is 2. The molecule has 1 atom stereocenters. The molecule has 33 heavy (non-hydrogen) atoms. The lowest BCUT2D eigenvalue weighted by molar-refractivity contribution is -0.141. The molecule has 3 heterocycles. The predicted molar refractivity (Wildman–Crippen MR) is 124 cm³/mol. The van der Waals surface area contributed by atoms with Crippen LogP contribution in [0.3, 0.4) is 0 Å². The highest BCUT2D eigenvalue weighted by Crippen LogP contribution is 2.37. The molecule has 1 amide bonds. The minimum atomic E-state index is -0.992. The topological polar surface area (TPSA) is 105 Å². The molecule has 1 aliphatic rings. The van der Waals surface area contributed by atoms with Crippen molar-refractivity contribution in [3.8, 4) is 22.8 Å². The summed E-state index contributed by atoms with van der Waals surface area (Å²) in [5.41, 5.74) is 3.25. The van der Waals surface area contributed by atoms with Crippen molar-refractivity contribution in [2.24, 2.45) is 0 Å². The van der Waals surface area contributed by atoms with E-state index in [0.717, 1.165) is 27.4 Å². The van der Waals surface area contributed by atoms with Crippen molar-refractivity contribution in [1.29, 1.82) is 0 Å². The zero-order valence-corrected chi connectivity index (χ0v) is 18.3. The molecule has 0 aliphatic carbocycles. The number of methoxy groups -OCH3 is 2. The minimum absolute atomic E-state index is 0.213. The van der Waals surface area contributed by atoms with Gasteiger partial charge in [0, 0.05) is 28.4 Å². The van der Waals surface area contributed by atoms with Gasteiger partial charge in [0.05, 0.1) is 25.4 Å². The van der Waals surface area contributed by atoms with Crippen LogP contribution in [0.15, 0.2) is 48.5 Å². The normalized spacial score (nSPS) is 15.8. The summed E-state index contributed by atoms with van der Waals surface area (Å²) >= 11 is 0. The zero-order valence-electron chi connectivity index (χ0n) is 18.3. The van der Waals surface area contributed by atoms with Gasteiger partial charge in [-0.1, -0.05) is 18.2 Å². The maximum Gasteiger partial charge on any atom is 0.326 e. The molecule has 5 rings (SSSR count). The van der Waals surface area contributed by atoms with Gasteiger partial charge in [-0.3, -0.25) is 4.79 Å². The SMILES string of the molecule is COc1ccc(-c2nc(C(=O)N3CCCC3C(=O)O)cc3c2[nH]c2ccccc23)cc1OC. The van der Waals surface area contributed by atoms with E-state index in [1.807, 2.05) is 36.4 Å². The second kappa shape index (κ2) is 8.12. The molecule has 8 nitrogen and oxygen atoms in total. The first-order valence-electron chi connectivity index (χ1n) is 10.7.